The van der Waals surface area contributed by atoms with E-state index in [0.717, 1.165) is 16.7 Å². The molecule has 0 atom stereocenters. The van der Waals surface area contributed by atoms with E-state index in [2.05, 4.69) is 73.4 Å². The van der Waals surface area contributed by atoms with Gasteiger partial charge in [-0.25, -0.2) is 4.98 Å². The second-order valence-electron chi connectivity index (χ2n) is 22.9. The van der Waals surface area contributed by atoms with E-state index in [1.54, 1.807) is 20.8 Å². The number of phenolic OH excluding ortho intramolecular Hbond substituents is 1. The molecular formula is C63H71N3O. The molecule has 8 rings (SSSR count). The molecule has 1 N–H and O–H groups in total. The Morgan fingerprint density at radius 3 is 1.81 bits per heavy atom. The van der Waals surface area contributed by atoms with Gasteiger partial charge in [0.1, 0.15) is 11.6 Å². The van der Waals surface area contributed by atoms with Crippen molar-refractivity contribution in [1.82, 2.24) is 14.5 Å². The van der Waals surface area contributed by atoms with Crippen LogP contribution in [0.5, 0.6) is 5.75 Å². The molecule has 0 saturated carbocycles. The Bertz CT molecular complexity index is 3690. The van der Waals surface area contributed by atoms with E-state index < -0.39 is 46.2 Å². The molecule has 0 saturated heterocycles. The van der Waals surface area contributed by atoms with Gasteiger partial charge in [-0.1, -0.05) is 189 Å². The average molecular weight is 897 g/mol. The summed E-state index contributed by atoms with van der Waals surface area (Å²) in [6, 6.07) is 21.4. The monoisotopic (exact) mass is 897 g/mol. The predicted octanol–water partition coefficient (Wildman–Crippen LogP) is 17.2. The summed E-state index contributed by atoms with van der Waals surface area (Å²) in [7, 11) is 0. The largest absolute Gasteiger partial charge is 0.507 e. The lowest BCUT2D eigenvalue weighted by Gasteiger charge is -2.28. The molecule has 0 spiro atoms. The Kier molecular flexibility index (Phi) is 8.93. The highest BCUT2D eigenvalue weighted by molar-refractivity contribution is 5.98. The number of aromatic hydroxyl groups is 1. The second-order valence-corrected chi connectivity index (χ2v) is 22.9. The molecule has 6 aromatic carbocycles. The van der Waals surface area contributed by atoms with E-state index in [0.29, 0.717) is 55.9 Å². The van der Waals surface area contributed by atoms with Crippen molar-refractivity contribution in [3.8, 4) is 67.5 Å². The number of phenols is 1. The highest BCUT2D eigenvalue weighted by atomic mass is 16.3. The van der Waals surface area contributed by atoms with Crippen LogP contribution in [0.2, 0.25) is 0 Å². The molecule has 0 unspecified atom stereocenters. The van der Waals surface area contributed by atoms with Crippen molar-refractivity contribution in [2.75, 3.05) is 0 Å². The van der Waals surface area contributed by atoms with Crippen LogP contribution in [-0.4, -0.2) is 19.6 Å². The fourth-order valence-corrected chi connectivity index (χ4v) is 8.36. The summed E-state index contributed by atoms with van der Waals surface area (Å²) in [6.07, 6.45) is -0.558. The molecule has 0 radical (unpaired) electrons. The van der Waals surface area contributed by atoms with Crippen molar-refractivity contribution in [1.29, 1.82) is 0 Å². The van der Waals surface area contributed by atoms with Crippen molar-refractivity contribution < 1.29 is 20.2 Å². The minimum Gasteiger partial charge on any atom is -0.507 e. The molecular weight excluding hydrogens is 815 g/mol. The van der Waals surface area contributed by atoms with Crippen molar-refractivity contribution in [2.24, 2.45) is 5.41 Å². The molecule has 4 heteroatoms. The smallest absolute Gasteiger partial charge is 0.149 e. The SMILES string of the molecule is [2H]c1cc(C([2H])([2H])C(C)(C)C)cc([2H])c1-c1c([2H])cnc(-c2cc(-c3cccc4c3nc(-c3cc(C(C)(C)C)cc(C(C)(C)C)c3O)n4-c3ccc(C(C)(C)C)cc3-c3c([2H])c([2H])c([2H])c([2H])c3[2H])cc(C(C)(C)C)c2)c1[2H]. The van der Waals surface area contributed by atoms with Gasteiger partial charge in [0, 0.05) is 31.2 Å². The van der Waals surface area contributed by atoms with Gasteiger partial charge in [-0.2, -0.15) is 0 Å². The summed E-state index contributed by atoms with van der Waals surface area (Å²) in [5.41, 5.74) is 5.54. The number of pyridine rings is 1. The fraction of sp³-hybridized carbons (Fsp3) is 0.333. The highest BCUT2D eigenvalue weighted by Crippen LogP contribution is 2.46. The van der Waals surface area contributed by atoms with Gasteiger partial charge >= 0.3 is 0 Å². The van der Waals surface area contributed by atoms with E-state index in [4.69, 9.17) is 16.0 Å². The quantitative estimate of drug-likeness (QED) is 0.173. The summed E-state index contributed by atoms with van der Waals surface area (Å²) in [6.45, 7) is 30.1. The van der Waals surface area contributed by atoms with E-state index >= 15 is 0 Å². The Morgan fingerprint density at radius 2 is 1.18 bits per heavy atom. The number of aromatic nitrogens is 3. The molecule has 344 valence electrons. The van der Waals surface area contributed by atoms with Gasteiger partial charge in [0.25, 0.3) is 0 Å². The van der Waals surface area contributed by atoms with Crippen LogP contribution in [0.4, 0.5) is 0 Å². The molecule has 8 aromatic rings. The summed E-state index contributed by atoms with van der Waals surface area (Å²) < 4.78 is 101. The Hall–Kier alpha value is -6.26. The first kappa shape index (κ1) is 35.0. The minimum absolute atomic E-state index is 0.0187. The third-order valence-corrected chi connectivity index (χ3v) is 12.1. The number of imidazole rings is 1. The third kappa shape index (κ3) is 9.91. The number of rotatable bonds is 7. The fourth-order valence-electron chi connectivity index (χ4n) is 8.36. The lowest BCUT2D eigenvalue weighted by molar-refractivity contribution is 0.411. The van der Waals surface area contributed by atoms with E-state index in [-0.39, 0.29) is 75.4 Å². The van der Waals surface area contributed by atoms with Crippen molar-refractivity contribution >= 4 is 11.0 Å². The molecule has 0 aliphatic carbocycles. The maximum absolute atomic E-state index is 12.7. The van der Waals surface area contributed by atoms with Gasteiger partial charge in [0.15, 0.2) is 0 Å². The van der Waals surface area contributed by atoms with Crippen LogP contribution in [0.25, 0.3) is 72.7 Å². The molecule has 2 aromatic heterocycles. The third-order valence-electron chi connectivity index (χ3n) is 12.1. The standard InChI is InChI=1S/C63H71N3O/c1-59(2,3)39-40-24-26-41(27-25-40)43-30-31-64-53(35-43)45-32-44(33-47(34-45)61(7,8)9)49-22-19-23-55-56(49)65-58(51-37-48(62(10,11)12)38-52(57(51)67)63(13,14)15)66(55)54-29-28-46(60(4,5)6)36-50(54)42-20-17-16-18-21-42/h16-38,67H,39H2,1-15H3/i16D,17D,18D,20D,21D,26D,27D,30D,35D,39D2. The van der Waals surface area contributed by atoms with E-state index in [9.17, 15) is 9.22 Å². The predicted molar refractivity (Wildman–Crippen MR) is 286 cm³/mol. The number of hydrogen-bond acceptors (Lipinski definition) is 3. The molecule has 4 nitrogen and oxygen atoms in total. The van der Waals surface area contributed by atoms with Crippen LogP contribution in [0, 0.1) is 5.41 Å². The maximum atomic E-state index is 12.7. The van der Waals surface area contributed by atoms with Gasteiger partial charge in [0.05, 0.1) is 40.3 Å². The summed E-state index contributed by atoms with van der Waals surface area (Å²) in [4.78, 5) is 10.2. The number of hydrogen-bond donors (Lipinski definition) is 1. The highest BCUT2D eigenvalue weighted by Gasteiger charge is 2.30. The number of para-hydroxylation sites is 1. The van der Waals surface area contributed by atoms with E-state index in [1.807, 2.05) is 86.0 Å². The zero-order valence-electron chi connectivity index (χ0n) is 52.9. The van der Waals surface area contributed by atoms with Crippen LogP contribution in [0.15, 0.2) is 139 Å². The molecule has 0 aliphatic heterocycles. The van der Waals surface area contributed by atoms with Gasteiger partial charge in [-0.3, -0.25) is 9.55 Å². The normalized spacial score (nSPS) is 15.4. The first-order valence-electron chi connectivity index (χ1n) is 28.6. The van der Waals surface area contributed by atoms with Crippen LogP contribution in [0.3, 0.4) is 0 Å². The first-order chi connectivity index (χ1) is 35.8. The zero-order valence-corrected chi connectivity index (χ0v) is 41.9. The molecule has 0 amide bonds. The average Bonchev–Trinajstić information content (AvgIpc) is 3.87. The molecule has 67 heavy (non-hydrogen) atoms. The zero-order chi connectivity index (χ0) is 58.1. The van der Waals surface area contributed by atoms with Crippen LogP contribution >= 0.6 is 0 Å². The number of benzene rings is 6. The van der Waals surface area contributed by atoms with Gasteiger partial charge < -0.3 is 5.11 Å². The topological polar surface area (TPSA) is 50.9 Å². The van der Waals surface area contributed by atoms with Crippen LogP contribution in [-0.2, 0) is 28.0 Å². The Balaban J connectivity index is 1.49. The minimum atomic E-state index is -1.88. The lowest BCUT2D eigenvalue weighted by Crippen LogP contribution is -2.17. The van der Waals surface area contributed by atoms with Crippen LogP contribution < -0.4 is 0 Å². The Morgan fingerprint density at radius 1 is 0.552 bits per heavy atom. The van der Waals surface area contributed by atoms with Crippen molar-refractivity contribution in [2.45, 2.75) is 132 Å². The second kappa shape index (κ2) is 17.1. The summed E-state index contributed by atoms with van der Waals surface area (Å²) >= 11 is 0. The molecule has 2 heterocycles. The van der Waals surface area contributed by atoms with Gasteiger partial charge in [0.2, 0.25) is 0 Å². The maximum Gasteiger partial charge on any atom is 0.149 e. The van der Waals surface area contributed by atoms with Gasteiger partial charge in [-0.05, 0) is 126 Å². The number of nitrogens with zero attached hydrogens (tertiary/aromatic N) is 3. The van der Waals surface area contributed by atoms with Gasteiger partial charge in [-0.15, -0.1) is 0 Å². The van der Waals surface area contributed by atoms with Crippen molar-refractivity contribution in [3.63, 3.8) is 0 Å². The van der Waals surface area contributed by atoms with E-state index in [1.165, 1.54) is 18.3 Å². The molecule has 0 aliphatic rings. The summed E-state index contributed by atoms with van der Waals surface area (Å²) in [5.74, 6) is 0.374. The number of fused-ring (bicyclic) bond motifs is 1. The molecule has 0 bridgehead atoms. The molecule has 0 fully saturated rings. The first-order valence-corrected chi connectivity index (χ1v) is 23.1. The van der Waals surface area contributed by atoms with Crippen molar-refractivity contribution in [3.05, 3.63) is 167 Å². The Labute approximate surface area is 416 Å². The van der Waals surface area contributed by atoms with Crippen LogP contribution in [0.1, 0.15) is 147 Å². The summed E-state index contributed by atoms with van der Waals surface area (Å²) in [5, 5.41) is 12.7. The lowest BCUT2D eigenvalue weighted by atomic mass is 9.79.